The molecular formula is C18H14ClFN2O2S. The number of rotatable bonds is 5. The van der Waals surface area contributed by atoms with Gasteiger partial charge in [0.25, 0.3) is 0 Å². The standard InChI is InChI=1S/C18H14ClFN2O2S/c1-11-5-7-12(8-6-11)22-16(17(23)24)9-21-18(22)25-10-13-14(19)3-2-4-15(13)20/h2-9H,10H2,1H3,(H,23,24). The van der Waals surface area contributed by atoms with Crippen molar-refractivity contribution in [1.82, 2.24) is 9.55 Å². The van der Waals surface area contributed by atoms with Crippen molar-refractivity contribution in [1.29, 1.82) is 0 Å². The first-order chi connectivity index (χ1) is 12.0. The molecular weight excluding hydrogens is 363 g/mol. The van der Waals surface area contributed by atoms with E-state index in [0.717, 1.165) is 5.56 Å². The lowest BCUT2D eigenvalue weighted by atomic mass is 10.2. The van der Waals surface area contributed by atoms with E-state index in [0.29, 0.717) is 21.4 Å². The Balaban J connectivity index is 1.97. The van der Waals surface area contributed by atoms with Gasteiger partial charge in [-0.15, -0.1) is 0 Å². The van der Waals surface area contributed by atoms with E-state index >= 15 is 0 Å². The van der Waals surface area contributed by atoms with Crippen molar-refractivity contribution in [2.24, 2.45) is 0 Å². The average molecular weight is 377 g/mol. The normalized spacial score (nSPS) is 10.8. The third-order valence-electron chi connectivity index (χ3n) is 3.65. The molecule has 128 valence electrons. The molecule has 0 unspecified atom stereocenters. The van der Waals surface area contributed by atoms with E-state index in [-0.39, 0.29) is 11.4 Å². The van der Waals surface area contributed by atoms with Gasteiger partial charge < -0.3 is 5.11 Å². The predicted molar refractivity (Wildman–Crippen MR) is 96.2 cm³/mol. The van der Waals surface area contributed by atoms with E-state index in [1.807, 2.05) is 31.2 Å². The van der Waals surface area contributed by atoms with E-state index < -0.39 is 11.8 Å². The molecule has 0 aliphatic rings. The van der Waals surface area contributed by atoms with Gasteiger partial charge in [-0.05, 0) is 31.2 Å². The average Bonchev–Trinajstić information content (AvgIpc) is 2.99. The van der Waals surface area contributed by atoms with Crippen LogP contribution < -0.4 is 0 Å². The maximum absolute atomic E-state index is 13.9. The number of halogens is 2. The zero-order chi connectivity index (χ0) is 18.0. The minimum atomic E-state index is -1.08. The Labute approximate surface area is 153 Å². The molecule has 0 saturated heterocycles. The lowest BCUT2D eigenvalue weighted by molar-refractivity contribution is 0.0687. The summed E-state index contributed by atoms with van der Waals surface area (Å²) in [5.41, 5.74) is 2.16. The summed E-state index contributed by atoms with van der Waals surface area (Å²) in [6.07, 6.45) is 1.30. The first-order valence-corrected chi connectivity index (χ1v) is 8.77. The Morgan fingerprint density at radius 2 is 2.00 bits per heavy atom. The fourth-order valence-corrected chi connectivity index (χ4v) is 3.67. The minimum Gasteiger partial charge on any atom is -0.477 e. The van der Waals surface area contributed by atoms with Crippen molar-refractivity contribution in [3.8, 4) is 5.69 Å². The molecule has 0 bridgehead atoms. The highest BCUT2D eigenvalue weighted by atomic mass is 35.5. The van der Waals surface area contributed by atoms with Crippen LogP contribution in [-0.4, -0.2) is 20.6 Å². The number of carboxylic acids is 1. The molecule has 2 aromatic carbocycles. The Morgan fingerprint density at radius 1 is 1.28 bits per heavy atom. The number of imidazole rings is 1. The van der Waals surface area contributed by atoms with Crippen molar-refractivity contribution in [3.63, 3.8) is 0 Å². The number of thioether (sulfide) groups is 1. The summed E-state index contributed by atoms with van der Waals surface area (Å²) in [7, 11) is 0. The SMILES string of the molecule is Cc1ccc(-n2c(C(=O)O)cnc2SCc2c(F)cccc2Cl)cc1. The number of hydrogen-bond donors (Lipinski definition) is 1. The Morgan fingerprint density at radius 3 is 2.64 bits per heavy atom. The van der Waals surface area contributed by atoms with Gasteiger partial charge in [-0.25, -0.2) is 14.2 Å². The molecule has 0 fully saturated rings. The maximum atomic E-state index is 13.9. The predicted octanol–water partition coefficient (Wildman–Crippen LogP) is 4.96. The second kappa shape index (κ2) is 7.29. The van der Waals surface area contributed by atoms with Crippen LogP contribution in [0, 0.1) is 12.7 Å². The molecule has 7 heteroatoms. The lowest BCUT2D eigenvalue weighted by Gasteiger charge is -2.11. The number of aromatic carboxylic acids is 1. The van der Waals surface area contributed by atoms with Gasteiger partial charge in [-0.3, -0.25) is 4.57 Å². The van der Waals surface area contributed by atoms with Gasteiger partial charge in [0.2, 0.25) is 0 Å². The van der Waals surface area contributed by atoms with Gasteiger partial charge in [0.15, 0.2) is 10.9 Å². The van der Waals surface area contributed by atoms with Crippen LogP contribution >= 0.6 is 23.4 Å². The summed E-state index contributed by atoms with van der Waals surface area (Å²) in [4.78, 5) is 15.7. The number of nitrogens with zero attached hydrogens (tertiary/aromatic N) is 2. The van der Waals surface area contributed by atoms with Gasteiger partial charge in [0, 0.05) is 22.0 Å². The summed E-state index contributed by atoms with van der Waals surface area (Å²) in [6.45, 7) is 1.95. The third-order valence-corrected chi connectivity index (χ3v) is 4.98. The number of carboxylic acid groups (broad SMARTS) is 1. The van der Waals surface area contributed by atoms with E-state index in [1.165, 1.54) is 24.0 Å². The second-order valence-corrected chi connectivity index (χ2v) is 6.74. The van der Waals surface area contributed by atoms with Crippen LogP contribution in [-0.2, 0) is 5.75 Å². The van der Waals surface area contributed by atoms with E-state index in [4.69, 9.17) is 11.6 Å². The molecule has 3 rings (SSSR count). The van der Waals surface area contributed by atoms with Crippen LogP contribution in [0.25, 0.3) is 5.69 Å². The van der Waals surface area contributed by atoms with E-state index in [1.54, 1.807) is 16.7 Å². The number of carbonyl (C=O) groups is 1. The molecule has 0 amide bonds. The summed E-state index contributed by atoms with van der Waals surface area (Å²) in [5, 5.41) is 10.2. The summed E-state index contributed by atoms with van der Waals surface area (Å²) < 4.78 is 15.5. The van der Waals surface area contributed by atoms with Crippen molar-refractivity contribution in [3.05, 3.63) is 76.3 Å². The Kier molecular flexibility index (Phi) is 5.11. The van der Waals surface area contributed by atoms with E-state index in [9.17, 15) is 14.3 Å². The zero-order valence-electron chi connectivity index (χ0n) is 13.2. The topological polar surface area (TPSA) is 55.1 Å². The summed E-state index contributed by atoms with van der Waals surface area (Å²) in [5.74, 6) is -1.23. The molecule has 25 heavy (non-hydrogen) atoms. The minimum absolute atomic E-state index is 0.0472. The van der Waals surface area contributed by atoms with Crippen LogP contribution in [0.15, 0.2) is 53.8 Å². The third kappa shape index (κ3) is 3.70. The first kappa shape index (κ1) is 17.5. The van der Waals surface area contributed by atoms with Gasteiger partial charge >= 0.3 is 5.97 Å². The van der Waals surface area contributed by atoms with Crippen LogP contribution in [0.2, 0.25) is 5.02 Å². The fraction of sp³-hybridized carbons (Fsp3) is 0.111. The monoisotopic (exact) mass is 376 g/mol. The highest BCUT2D eigenvalue weighted by Crippen LogP contribution is 2.30. The van der Waals surface area contributed by atoms with Crippen molar-refractivity contribution in [2.75, 3.05) is 0 Å². The molecule has 0 aliphatic heterocycles. The van der Waals surface area contributed by atoms with Crippen molar-refractivity contribution >= 4 is 29.3 Å². The number of aryl methyl sites for hydroxylation is 1. The molecule has 1 N–H and O–H groups in total. The number of aromatic nitrogens is 2. The molecule has 0 saturated carbocycles. The second-order valence-electron chi connectivity index (χ2n) is 5.39. The Bertz CT molecular complexity index is 905. The molecule has 3 aromatic rings. The molecule has 0 radical (unpaired) electrons. The van der Waals surface area contributed by atoms with Crippen molar-refractivity contribution < 1.29 is 14.3 Å². The van der Waals surface area contributed by atoms with Crippen LogP contribution in [0.5, 0.6) is 0 Å². The van der Waals surface area contributed by atoms with Gasteiger partial charge in [-0.2, -0.15) is 0 Å². The van der Waals surface area contributed by atoms with Crippen LogP contribution in [0.3, 0.4) is 0 Å². The lowest BCUT2D eigenvalue weighted by Crippen LogP contribution is -2.07. The van der Waals surface area contributed by atoms with Crippen LogP contribution in [0.1, 0.15) is 21.6 Å². The van der Waals surface area contributed by atoms with Crippen LogP contribution in [0.4, 0.5) is 4.39 Å². The zero-order valence-corrected chi connectivity index (χ0v) is 14.8. The molecule has 1 heterocycles. The molecule has 0 aliphatic carbocycles. The number of hydrogen-bond acceptors (Lipinski definition) is 3. The molecule has 0 atom stereocenters. The van der Waals surface area contributed by atoms with Gasteiger partial charge in [0.1, 0.15) is 5.82 Å². The molecule has 4 nitrogen and oxygen atoms in total. The Hall–Kier alpha value is -2.31. The smallest absolute Gasteiger partial charge is 0.354 e. The van der Waals surface area contributed by atoms with Gasteiger partial charge in [-0.1, -0.05) is 47.1 Å². The maximum Gasteiger partial charge on any atom is 0.354 e. The molecule has 1 aromatic heterocycles. The van der Waals surface area contributed by atoms with Gasteiger partial charge in [0.05, 0.1) is 6.20 Å². The van der Waals surface area contributed by atoms with Crippen molar-refractivity contribution in [2.45, 2.75) is 17.8 Å². The summed E-state index contributed by atoms with van der Waals surface area (Å²) >= 11 is 7.28. The van der Waals surface area contributed by atoms with E-state index in [2.05, 4.69) is 4.98 Å². The fourth-order valence-electron chi connectivity index (χ4n) is 2.34. The summed E-state index contributed by atoms with van der Waals surface area (Å²) in [6, 6.07) is 11.9. The largest absolute Gasteiger partial charge is 0.477 e. The number of benzene rings is 2. The quantitative estimate of drug-likeness (QED) is 0.639. The highest BCUT2D eigenvalue weighted by molar-refractivity contribution is 7.98. The highest BCUT2D eigenvalue weighted by Gasteiger charge is 2.18. The first-order valence-electron chi connectivity index (χ1n) is 7.41. The molecule has 0 spiro atoms.